The fraction of sp³-hybridized carbons (Fsp3) is 0.542. The van der Waals surface area contributed by atoms with Gasteiger partial charge < -0.3 is 9.64 Å². The van der Waals surface area contributed by atoms with Crippen LogP contribution in [0.5, 0.6) is 5.75 Å². The van der Waals surface area contributed by atoms with Gasteiger partial charge in [-0.05, 0) is 69.0 Å². The maximum Gasteiger partial charge on any atom is 0.237 e. The molecular weight excluding hydrogens is 412 g/mol. The Bertz CT molecular complexity index is 982. The molecule has 1 aliphatic carbocycles. The highest BCUT2D eigenvalue weighted by molar-refractivity contribution is 6.31. The number of piperidine rings is 1. The average Bonchev–Trinajstić information content (AvgIpc) is 3.57. The Morgan fingerprint density at radius 2 is 1.84 bits per heavy atom. The highest BCUT2D eigenvalue weighted by atomic mass is 35.5. The number of halogens is 1. The van der Waals surface area contributed by atoms with Gasteiger partial charge in [-0.25, -0.2) is 9.97 Å². The van der Waals surface area contributed by atoms with E-state index in [0.29, 0.717) is 11.6 Å². The first-order valence-corrected chi connectivity index (χ1v) is 11.6. The Morgan fingerprint density at radius 1 is 1.13 bits per heavy atom. The summed E-state index contributed by atoms with van der Waals surface area (Å²) in [5.41, 5.74) is 1.86. The quantitative estimate of drug-likeness (QED) is 0.680. The summed E-state index contributed by atoms with van der Waals surface area (Å²) in [5, 5.41) is 0.692. The van der Waals surface area contributed by atoms with Gasteiger partial charge in [0.05, 0.1) is 17.8 Å². The largest absolute Gasteiger partial charge is 0.489 e. The molecule has 0 unspecified atom stereocenters. The van der Waals surface area contributed by atoms with E-state index in [-0.39, 0.29) is 11.3 Å². The summed E-state index contributed by atoms with van der Waals surface area (Å²) in [5.74, 6) is 1.87. The van der Waals surface area contributed by atoms with Gasteiger partial charge in [0.15, 0.2) is 5.75 Å². The van der Waals surface area contributed by atoms with Crippen LogP contribution in [0.25, 0.3) is 0 Å². The van der Waals surface area contributed by atoms with Gasteiger partial charge in [-0.1, -0.05) is 18.5 Å². The molecule has 1 aromatic carbocycles. The maximum absolute atomic E-state index is 13.1. The highest BCUT2D eigenvalue weighted by Gasteiger charge is 2.51. The number of anilines is 1. The number of benzene rings is 1. The number of amides is 1. The van der Waals surface area contributed by atoms with E-state index in [4.69, 9.17) is 16.3 Å². The molecule has 2 aliphatic heterocycles. The van der Waals surface area contributed by atoms with Crippen molar-refractivity contribution >= 4 is 23.2 Å². The third kappa shape index (κ3) is 3.50. The van der Waals surface area contributed by atoms with E-state index in [1.807, 2.05) is 25.2 Å². The number of likely N-dealkylation sites (N-methyl/N-ethyl adjacent to an activating group) is 1. The van der Waals surface area contributed by atoms with Crippen molar-refractivity contribution in [3.05, 3.63) is 47.0 Å². The second-order valence-corrected chi connectivity index (χ2v) is 9.61. The maximum atomic E-state index is 13.1. The Hall–Kier alpha value is -2.18. The van der Waals surface area contributed by atoms with Crippen LogP contribution in [-0.2, 0) is 15.6 Å². The van der Waals surface area contributed by atoms with E-state index in [9.17, 15) is 4.79 Å². The molecule has 2 aromatic rings. The molecule has 3 aliphatic rings. The van der Waals surface area contributed by atoms with Crippen LogP contribution in [0.3, 0.4) is 0 Å². The number of carbonyl (C=O) groups excluding carboxylic acids is 1. The summed E-state index contributed by atoms with van der Waals surface area (Å²) in [6.45, 7) is 5.34. The van der Waals surface area contributed by atoms with E-state index < -0.39 is 5.41 Å². The Balaban J connectivity index is 1.16. The van der Waals surface area contributed by atoms with Gasteiger partial charge in [0.2, 0.25) is 5.91 Å². The lowest BCUT2D eigenvalue weighted by atomic mass is 9.73. The number of hydrogen-bond acceptors (Lipinski definition) is 5. The minimum Gasteiger partial charge on any atom is -0.489 e. The first-order valence-electron chi connectivity index (χ1n) is 11.2. The van der Waals surface area contributed by atoms with E-state index in [0.717, 1.165) is 61.7 Å². The average molecular weight is 441 g/mol. The van der Waals surface area contributed by atoms with E-state index in [1.165, 1.54) is 12.8 Å². The van der Waals surface area contributed by atoms with Crippen molar-refractivity contribution in [1.82, 2.24) is 14.9 Å². The van der Waals surface area contributed by atoms with Crippen molar-refractivity contribution in [2.24, 2.45) is 0 Å². The molecule has 0 N–H and O–H groups in total. The van der Waals surface area contributed by atoms with Crippen molar-refractivity contribution in [2.45, 2.75) is 49.9 Å². The van der Waals surface area contributed by atoms with Crippen LogP contribution in [-0.4, -0.2) is 54.1 Å². The molecule has 1 saturated carbocycles. The van der Waals surface area contributed by atoms with E-state index >= 15 is 0 Å². The van der Waals surface area contributed by atoms with Crippen LogP contribution in [0.1, 0.15) is 50.4 Å². The standard InChI is InChI=1S/C24H29ClN4O2/c1-3-23(6-7-23)21-26-15-18(16-27-21)31-13-12-29-10-8-24(9-11-29)19-14-17(25)4-5-20(19)28(2)22(24)30/h4-5,14-16H,3,6-13H2,1-2H3. The number of rotatable bonds is 6. The number of nitrogens with zero attached hydrogens (tertiary/aromatic N) is 4. The van der Waals surface area contributed by atoms with Gasteiger partial charge in [-0.2, -0.15) is 0 Å². The second kappa shape index (κ2) is 7.75. The summed E-state index contributed by atoms with van der Waals surface area (Å²) in [4.78, 5) is 26.3. The lowest BCUT2D eigenvalue weighted by Gasteiger charge is -2.38. The molecular formula is C24H29ClN4O2. The molecule has 31 heavy (non-hydrogen) atoms. The van der Waals surface area contributed by atoms with Crippen molar-refractivity contribution in [3.63, 3.8) is 0 Å². The molecule has 7 heteroatoms. The molecule has 0 atom stereocenters. The van der Waals surface area contributed by atoms with Gasteiger partial charge in [0.1, 0.15) is 12.4 Å². The molecule has 1 amide bonds. The van der Waals surface area contributed by atoms with Crippen LogP contribution in [0, 0.1) is 0 Å². The molecule has 1 spiro atoms. The molecule has 0 radical (unpaired) electrons. The number of fused-ring (bicyclic) bond motifs is 2. The Kier molecular flexibility index (Phi) is 5.18. The lowest BCUT2D eigenvalue weighted by molar-refractivity contribution is -0.124. The van der Waals surface area contributed by atoms with Crippen LogP contribution in [0.2, 0.25) is 5.02 Å². The van der Waals surface area contributed by atoms with Crippen LogP contribution in [0.4, 0.5) is 5.69 Å². The molecule has 3 heterocycles. The summed E-state index contributed by atoms with van der Waals surface area (Å²) in [6.07, 6.45) is 8.69. The molecule has 6 nitrogen and oxygen atoms in total. The monoisotopic (exact) mass is 440 g/mol. The summed E-state index contributed by atoms with van der Waals surface area (Å²) < 4.78 is 5.90. The number of likely N-dealkylation sites (tertiary alicyclic amines) is 1. The Labute approximate surface area is 188 Å². The third-order valence-corrected chi connectivity index (χ3v) is 7.80. The summed E-state index contributed by atoms with van der Waals surface area (Å²) >= 11 is 6.26. The third-order valence-electron chi connectivity index (χ3n) is 7.57. The lowest BCUT2D eigenvalue weighted by Crippen LogP contribution is -2.48. The van der Waals surface area contributed by atoms with Crippen LogP contribution in [0.15, 0.2) is 30.6 Å². The zero-order chi connectivity index (χ0) is 21.6. The SMILES string of the molecule is CCC1(c2ncc(OCCN3CCC4(CC3)C(=O)N(C)c3ccc(Cl)cc34)cn2)CC1. The first kappa shape index (κ1) is 20.7. The normalized spacial score (nSPS) is 21.4. The first-order chi connectivity index (χ1) is 15.0. The number of aromatic nitrogens is 2. The van der Waals surface area contributed by atoms with Crippen molar-refractivity contribution in [2.75, 3.05) is 38.2 Å². The molecule has 5 rings (SSSR count). The molecule has 2 fully saturated rings. The smallest absolute Gasteiger partial charge is 0.237 e. The van der Waals surface area contributed by atoms with Crippen LogP contribution >= 0.6 is 11.6 Å². The molecule has 1 aromatic heterocycles. The van der Waals surface area contributed by atoms with E-state index in [2.05, 4.69) is 21.8 Å². The fourth-order valence-corrected chi connectivity index (χ4v) is 5.39. The predicted octanol–water partition coefficient (Wildman–Crippen LogP) is 3.96. The molecule has 1 saturated heterocycles. The van der Waals surface area contributed by atoms with Gasteiger partial charge in [-0.15, -0.1) is 0 Å². The van der Waals surface area contributed by atoms with Gasteiger partial charge in [0, 0.05) is 29.7 Å². The summed E-state index contributed by atoms with van der Waals surface area (Å²) in [7, 11) is 1.86. The number of ether oxygens (including phenoxy) is 1. The van der Waals surface area contributed by atoms with Gasteiger partial charge in [-0.3, -0.25) is 9.69 Å². The number of carbonyl (C=O) groups is 1. The highest BCUT2D eigenvalue weighted by Crippen LogP contribution is 2.49. The number of hydrogen-bond donors (Lipinski definition) is 0. The van der Waals surface area contributed by atoms with Gasteiger partial charge >= 0.3 is 0 Å². The van der Waals surface area contributed by atoms with Crippen molar-refractivity contribution in [3.8, 4) is 5.75 Å². The zero-order valence-corrected chi connectivity index (χ0v) is 19.0. The Morgan fingerprint density at radius 3 is 2.48 bits per heavy atom. The van der Waals surface area contributed by atoms with Crippen molar-refractivity contribution < 1.29 is 9.53 Å². The minimum atomic E-state index is -0.436. The van der Waals surface area contributed by atoms with Gasteiger partial charge in [0.25, 0.3) is 0 Å². The minimum absolute atomic E-state index is 0.193. The summed E-state index contributed by atoms with van der Waals surface area (Å²) in [6, 6.07) is 5.80. The second-order valence-electron chi connectivity index (χ2n) is 9.17. The fourth-order valence-electron chi connectivity index (χ4n) is 5.21. The molecule has 0 bridgehead atoms. The predicted molar refractivity (Wildman–Crippen MR) is 121 cm³/mol. The zero-order valence-electron chi connectivity index (χ0n) is 18.2. The van der Waals surface area contributed by atoms with Crippen molar-refractivity contribution in [1.29, 1.82) is 0 Å². The molecule has 164 valence electrons. The topological polar surface area (TPSA) is 58.6 Å². The van der Waals surface area contributed by atoms with Crippen LogP contribution < -0.4 is 9.64 Å². The van der Waals surface area contributed by atoms with E-state index in [1.54, 1.807) is 17.3 Å².